The van der Waals surface area contributed by atoms with Crippen molar-refractivity contribution in [3.63, 3.8) is 0 Å². The average Bonchev–Trinajstić information content (AvgIpc) is 2.73. The second-order valence-corrected chi connectivity index (χ2v) is 8.82. The predicted octanol–water partition coefficient (Wildman–Crippen LogP) is 5.53. The second kappa shape index (κ2) is 9.47. The van der Waals surface area contributed by atoms with Crippen LogP contribution in [0.4, 0.5) is 5.69 Å². The lowest BCUT2D eigenvalue weighted by Crippen LogP contribution is -2.26. The van der Waals surface area contributed by atoms with E-state index < -0.39 is 0 Å². The number of para-hydroxylation sites is 2. The number of hydrogen-bond acceptors (Lipinski definition) is 4. The van der Waals surface area contributed by atoms with Gasteiger partial charge in [-0.1, -0.05) is 62.9 Å². The van der Waals surface area contributed by atoms with Crippen LogP contribution in [0.2, 0.25) is 0 Å². The number of aryl methyl sites for hydroxylation is 1. The molecule has 0 saturated heterocycles. The van der Waals surface area contributed by atoms with E-state index in [1.165, 1.54) is 11.8 Å². The Morgan fingerprint density at radius 1 is 1.13 bits per heavy atom. The zero-order valence-electron chi connectivity index (χ0n) is 18.2. The SMILES string of the molecule is CC[C@@H](C)n1c(SCC(=O)Nc2c(C)cccc2C(C)C)nc2ccccc2c1=O. The molecular formula is C24H29N3O2S. The van der Waals surface area contributed by atoms with E-state index in [2.05, 4.69) is 19.2 Å². The number of thioether (sulfide) groups is 1. The number of anilines is 1. The molecule has 6 heteroatoms. The molecule has 0 radical (unpaired) electrons. The number of rotatable bonds is 7. The maximum Gasteiger partial charge on any atom is 0.262 e. The maximum absolute atomic E-state index is 13.1. The normalized spacial score (nSPS) is 12.3. The van der Waals surface area contributed by atoms with Gasteiger partial charge in [-0.2, -0.15) is 0 Å². The fourth-order valence-corrected chi connectivity index (χ4v) is 4.34. The fraction of sp³-hybridized carbons (Fsp3) is 0.375. The molecule has 1 amide bonds. The van der Waals surface area contributed by atoms with Crippen LogP contribution in [0.25, 0.3) is 10.9 Å². The number of fused-ring (bicyclic) bond motifs is 1. The first-order chi connectivity index (χ1) is 14.3. The number of nitrogens with zero attached hydrogens (tertiary/aromatic N) is 2. The Balaban J connectivity index is 1.87. The molecule has 0 aliphatic rings. The quantitative estimate of drug-likeness (QED) is 0.401. The van der Waals surface area contributed by atoms with Gasteiger partial charge < -0.3 is 5.32 Å². The molecule has 0 unspecified atom stereocenters. The molecule has 3 rings (SSSR count). The van der Waals surface area contributed by atoms with Gasteiger partial charge in [-0.05, 0) is 49.4 Å². The van der Waals surface area contributed by atoms with E-state index >= 15 is 0 Å². The number of aromatic nitrogens is 2. The first-order valence-corrected chi connectivity index (χ1v) is 11.4. The zero-order valence-corrected chi connectivity index (χ0v) is 19.0. The van der Waals surface area contributed by atoms with Crippen LogP contribution in [0.1, 0.15) is 57.2 Å². The lowest BCUT2D eigenvalue weighted by molar-refractivity contribution is -0.113. The highest BCUT2D eigenvalue weighted by Crippen LogP contribution is 2.28. The summed E-state index contributed by atoms with van der Waals surface area (Å²) in [4.78, 5) is 30.5. The van der Waals surface area contributed by atoms with Crippen molar-refractivity contribution in [1.29, 1.82) is 0 Å². The van der Waals surface area contributed by atoms with E-state index in [0.29, 0.717) is 22.0 Å². The molecule has 0 aliphatic carbocycles. The highest BCUT2D eigenvalue weighted by atomic mass is 32.2. The topological polar surface area (TPSA) is 64.0 Å². The van der Waals surface area contributed by atoms with Crippen molar-refractivity contribution >= 4 is 34.3 Å². The van der Waals surface area contributed by atoms with Crippen LogP contribution >= 0.6 is 11.8 Å². The summed E-state index contributed by atoms with van der Waals surface area (Å²) in [6.07, 6.45) is 0.806. The molecule has 0 fully saturated rings. The van der Waals surface area contributed by atoms with Crippen LogP contribution in [0.5, 0.6) is 0 Å². The van der Waals surface area contributed by atoms with Crippen molar-refractivity contribution in [3.05, 3.63) is 63.9 Å². The smallest absolute Gasteiger partial charge is 0.262 e. The summed E-state index contributed by atoms with van der Waals surface area (Å²) in [6.45, 7) is 10.3. The van der Waals surface area contributed by atoms with Crippen LogP contribution < -0.4 is 10.9 Å². The first kappa shape index (κ1) is 22.1. The summed E-state index contributed by atoms with van der Waals surface area (Å²) >= 11 is 1.31. The van der Waals surface area contributed by atoms with Gasteiger partial charge in [0.2, 0.25) is 5.91 Å². The molecule has 1 atom stereocenters. The first-order valence-electron chi connectivity index (χ1n) is 10.4. The van der Waals surface area contributed by atoms with Gasteiger partial charge in [0.15, 0.2) is 5.16 Å². The molecule has 2 aromatic carbocycles. The molecule has 1 N–H and O–H groups in total. The molecule has 158 valence electrons. The lowest BCUT2D eigenvalue weighted by atomic mass is 9.98. The molecule has 0 saturated carbocycles. The van der Waals surface area contributed by atoms with Gasteiger partial charge in [-0.15, -0.1) is 0 Å². The van der Waals surface area contributed by atoms with Crippen LogP contribution in [0.15, 0.2) is 52.4 Å². The van der Waals surface area contributed by atoms with Gasteiger partial charge in [0, 0.05) is 11.7 Å². The minimum absolute atomic E-state index is 0.00378. The number of nitrogens with one attached hydrogen (secondary N) is 1. The van der Waals surface area contributed by atoms with Crippen LogP contribution in [0.3, 0.4) is 0 Å². The summed E-state index contributed by atoms with van der Waals surface area (Å²) in [5.74, 6) is 0.396. The molecule has 0 bridgehead atoms. The molecular weight excluding hydrogens is 394 g/mol. The van der Waals surface area contributed by atoms with Gasteiger partial charge in [0.25, 0.3) is 5.56 Å². The molecule has 30 heavy (non-hydrogen) atoms. The standard InChI is InChI=1S/C24H29N3O2S/c1-6-17(5)27-23(29)19-11-7-8-13-20(19)25-24(27)30-14-21(28)26-22-16(4)10-9-12-18(22)15(2)3/h7-13,15,17H,6,14H2,1-5H3,(H,26,28)/t17-/m1/s1. The lowest BCUT2D eigenvalue weighted by Gasteiger charge is -2.19. The highest BCUT2D eigenvalue weighted by molar-refractivity contribution is 7.99. The summed E-state index contributed by atoms with van der Waals surface area (Å²) in [5, 5.41) is 4.26. The third kappa shape index (κ3) is 4.59. The van der Waals surface area contributed by atoms with Gasteiger partial charge in [-0.25, -0.2) is 4.98 Å². The van der Waals surface area contributed by atoms with E-state index in [1.54, 1.807) is 10.6 Å². The molecule has 0 spiro atoms. The minimum Gasteiger partial charge on any atom is -0.325 e. The molecule has 0 aliphatic heterocycles. The molecule has 5 nitrogen and oxygen atoms in total. The highest BCUT2D eigenvalue weighted by Gasteiger charge is 2.18. The van der Waals surface area contributed by atoms with Crippen molar-refractivity contribution in [3.8, 4) is 0 Å². The maximum atomic E-state index is 13.1. The van der Waals surface area contributed by atoms with Gasteiger partial charge in [-0.3, -0.25) is 14.2 Å². The predicted molar refractivity (Wildman–Crippen MR) is 126 cm³/mol. The van der Waals surface area contributed by atoms with Gasteiger partial charge >= 0.3 is 0 Å². The monoisotopic (exact) mass is 423 g/mol. The number of carbonyl (C=O) groups is 1. The Bertz CT molecular complexity index is 1120. The second-order valence-electron chi connectivity index (χ2n) is 7.87. The van der Waals surface area contributed by atoms with Gasteiger partial charge in [0.1, 0.15) is 0 Å². The fourth-order valence-electron chi connectivity index (χ4n) is 3.45. The van der Waals surface area contributed by atoms with E-state index in [1.807, 2.05) is 57.2 Å². The van der Waals surface area contributed by atoms with Crippen LogP contribution in [0, 0.1) is 6.92 Å². The van der Waals surface area contributed by atoms with E-state index in [4.69, 9.17) is 4.98 Å². The van der Waals surface area contributed by atoms with E-state index in [9.17, 15) is 9.59 Å². The van der Waals surface area contributed by atoms with Crippen molar-refractivity contribution in [2.45, 2.75) is 58.2 Å². The summed E-state index contributed by atoms with van der Waals surface area (Å²) in [6, 6.07) is 13.4. The zero-order chi connectivity index (χ0) is 21.8. The Kier molecular flexibility index (Phi) is 6.98. The number of hydrogen-bond donors (Lipinski definition) is 1. The molecule has 1 aromatic heterocycles. The van der Waals surface area contributed by atoms with Gasteiger partial charge in [0.05, 0.1) is 16.7 Å². The average molecular weight is 424 g/mol. The van der Waals surface area contributed by atoms with Crippen molar-refractivity contribution in [2.75, 3.05) is 11.1 Å². The Morgan fingerprint density at radius 3 is 2.57 bits per heavy atom. The summed E-state index contributed by atoms with van der Waals surface area (Å²) in [7, 11) is 0. The van der Waals surface area contributed by atoms with Crippen molar-refractivity contribution in [2.24, 2.45) is 0 Å². The van der Waals surface area contributed by atoms with Crippen molar-refractivity contribution in [1.82, 2.24) is 9.55 Å². The molecule has 3 aromatic rings. The number of amides is 1. The largest absolute Gasteiger partial charge is 0.325 e. The number of benzene rings is 2. The Labute approximate surface area is 181 Å². The van der Waals surface area contributed by atoms with Crippen molar-refractivity contribution < 1.29 is 4.79 Å². The summed E-state index contributed by atoms with van der Waals surface area (Å²) in [5.41, 5.74) is 3.64. The Hall–Kier alpha value is -2.60. The minimum atomic E-state index is -0.102. The van der Waals surface area contributed by atoms with E-state index in [-0.39, 0.29) is 23.3 Å². The summed E-state index contributed by atoms with van der Waals surface area (Å²) < 4.78 is 1.72. The third-order valence-corrected chi connectivity index (χ3v) is 6.28. The van der Waals surface area contributed by atoms with Crippen LogP contribution in [-0.2, 0) is 4.79 Å². The van der Waals surface area contributed by atoms with E-state index in [0.717, 1.165) is 23.2 Å². The Morgan fingerprint density at radius 2 is 1.87 bits per heavy atom. The third-order valence-electron chi connectivity index (χ3n) is 5.33. The number of carbonyl (C=O) groups excluding carboxylic acids is 1. The molecule has 1 heterocycles. The van der Waals surface area contributed by atoms with Crippen LogP contribution in [-0.4, -0.2) is 21.2 Å².